The Morgan fingerprint density at radius 2 is 1.33 bits per heavy atom. The van der Waals surface area contributed by atoms with Crippen LogP contribution in [-0.4, -0.2) is 80.0 Å². The van der Waals surface area contributed by atoms with Crippen LogP contribution in [0.4, 0.5) is 10.5 Å². The van der Waals surface area contributed by atoms with Gasteiger partial charge in [0.15, 0.2) is 9.84 Å². The summed E-state index contributed by atoms with van der Waals surface area (Å²) in [5.41, 5.74) is 0.790. The second kappa shape index (κ2) is 16.1. The lowest BCUT2D eigenvalue weighted by molar-refractivity contribution is -0.134. The maximum Gasteiger partial charge on any atom is 0.328 e. The highest BCUT2D eigenvalue weighted by atomic mass is 32.2. The molecular weight excluding hydrogens is 486 g/mol. The number of aliphatic carboxylic acids is 2. The molecule has 0 saturated carbocycles. The summed E-state index contributed by atoms with van der Waals surface area (Å²) in [6.07, 6.45) is 1.12. The van der Waals surface area contributed by atoms with Gasteiger partial charge in [0.05, 0.1) is 10.6 Å². The molecule has 0 aliphatic rings. The molecule has 2 amide bonds. The first kappa shape index (κ1) is 30.3. The van der Waals surface area contributed by atoms with Crippen LogP contribution in [-0.2, 0) is 19.4 Å². The summed E-state index contributed by atoms with van der Waals surface area (Å²) in [5.74, 6) is -2.65. The van der Waals surface area contributed by atoms with Crippen LogP contribution < -0.4 is 10.2 Å². The van der Waals surface area contributed by atoms with E-state index in [4.69, 9.17) is 10.2 Å². The molecule has 3 N–H and O–H groups in total. The predicted octanol–water partition coefficient (Wildman–Crippen LogP) is 2.73. The van der Waals surface area contributed by atoms with E-state index in [0.717, 1.165) is 25.3 Å². The molecular formula is C25H33N3O7S. The molecule has 36 heavy (non-hydrogen) atoms. The number of hydrogen-bond acceptors (Lipinski definition) is 6. The average Bonchev–Trinajstić information content (AvgIpc) is 2.87. The molecule has 11 heteroatoms. The Balaban J connectivity index is 0.000000697. The van der Waals surface area contributed by atoms with Crippen molar-refractivity contribution in [1.29, 1.82) is 0 Å². The van der Waals surface area contributed by atoms with Gasteiger partial charge in [-0.05, 0) is 37.4 Å². The molecule has 10 nitrogen and oxygen atoms in total. The van der Waals surface area contributed by atoms with Gasteiger partial charge >= 0.3 is 18.0 Å². The minimum Gasteiger partial charge on any atom is -0.478 e. The number of para-hydroxylation sites is 1. The van der Waals surface area contributed by atoms with E-state index in [1.165, 1.54) is 0 Å². The van der Waals surface area contributed by atoms with Crippen LogP contribution in [0, 0.1) is 0 Å². The average molecular weight is 520 g/mol. The van der Waals surface area contributed by atoms with Crippen molar-refractivity contribution >= 4 is 33.5 Å². The number of carbonyl (C=O) groups excluding carboxylic acids is 1. The second-order valence-corrected chi connectivity index (χ2v) is 9.50. The minimum absolute atomic E-state index is 0.0602. The first-order chi connectivity index (χ1) is 17.1. The van der Waals surface area contributed by atoms with Gasteiger partial charge in [-0.15, -0.1) is 0 Å². The first-order valence-corrected chi connectivity index (χ1v) is 13.0. The van der Waals surface area contributed by atoms with Crippen molar-refractivity contribution in [2.75, 3.05) is 43.4 Å². The van der Waals surface area contributed by atoms with Crippen LogP contribution in [0.3, 0.4) is 0 Å². The third-order valence-corrected chi connectivity index (χ3v) is 6.70. The summed E-state index contributed by atoms with van der Waals surface area (Å²) in [7, 11) is -3.42. The highest BCUT2D eigenvalue weighted by molar-refractivity contribution is 7.91. The zero-order chi connectivity index (χ0) is 27.0. The van der Waals surface area contributed by atoms with Gasteiger partial charge in [0.2, 0.25) is 0 Å². The predicted molar refractivity (Wildman–Crippen MR) is 138 cm³/mol. The van der Waals surface area contributed by atoms with E-state index >= 15 is 0 Å². The van der Waals surface area contributed by atoms with E-state index < -0.39 is 21.8 Å². The minimum atomic E-state index is -3.42. The number of nitrogens with zero attached hydrogens (tertiary/aromatic N) is 2. The molecule has 0 unspecified atom stereocenters. The molecule has 0 radical (unpaired) electrons. The van der Waals surface area contributed by atoms with Crippen LogP contribution in [0.1, 0.15) is 13.8 Å². The number of hydrogen-bond donors (Lipinski definition) is 3. The number of rotatable bonds is 12. The van der Waals surface area contributed by atoms with E-state index in [-0.39, 0.29) is 23.2 Å². The number of urea groups is 1. The Morgan fingerprint density at radius 1 is 0.833 bits per heavy atom. The van der Waals surface area contributed by atoms with Gasteiger partial charge in [0.1, 0.15) is 0 Å². The first-order valence-electron chi connectivity index (χ1n) is 11.3. The van der Waals surface area contributed by atoms with E-state index in [0.29, 0.717) is 18.7 Å². The highest BCUT2D eigenvalue weighted by Crippen LogP contribution is 2.14. The Labute approximate surface area is 211 Å². The lowest BCUT2D eigenvalue weighted by Crippen LogP contribution is -2.45. The molecule has 0 bridgehead atoms. The van der Waals surface area contributed by atoms with Crippen molar-refractivity contribution in [1.82, 2.24) is 10.2 Å². The molecule has 196 valence electrons. The normalized spacial score (nSPS) is 11.0. The Hall–Kier alpha value is -3.70. The van der Waals surface area contributed by atoms with Crippen molar-refractivity contribution in [2.24, 2.45) is 0 Å². The lowest BCUT2D eigenvalue weighted by atomic mass is 10.3. The number of anilines is 1. The quantitative estimate of drug-likeness (QED) is 0.363. The number of carboxylic acids is 2. The molecule has 0 fully saturated rings. The van der Waals surface area contributed by atoms with E-state index in [1.807, 2.05) is 30.3 Å². The molecule has 0 aliphatic carbocycles. The molecule has 2 aromatic rings. The number of carbonyl (C=O) groups is 3. The van der Waals surface area contributed by atoms with E-state index in [9.17, 15) is 22.8 Å². The van der Waals surface area contributed by atoms with Gasteiger partial charge in [0, 0.05) is 37.5 Å². The largest absolute Gasteiger partial charge is 0.478 e. The number of likely N-dealkylation sites (N-methyl/N-ethyl adjacent to an activating group) is 1. The van der Waals surface area contributed by atoms with Gasteiger partial charge in [-0.1, -0.05) is 50.2 Å². The fraction of sp³-hybridized carbons (Fsp3) is 0.320. The van der Waals surface area contributed by atoms with Gasteiger partial charge in [-0.3, -0.25) is 4.90 Å². The smallest absolute Gasteiger partial charge is 0.328 e. The molecule has 2 aromatic carbocycles. The molecule has 0 aliphatic heterocycles. The van der Waals surface area contributed by atoms with Crippen molar-refractivity contribution in [3.05, 3.63) is 72.8 Å². The second-order valence-electron chi connectivity index (χ2n) is 7.39. The summed E-state index contributed by atoms with van der Waals surface area (Å²) < 4.78 is 24.7. The number of carboxylic acid groups (broad SMARTS) is 2. The summed E-state index contributed by atoms with van der Waals surface area (Å²) in [4.78, 5) is 36.0. The van der Waals surface area contributed by atoms with Gasteiger partial charge in [-0.25, -0.2) is 22.8 Å². The van der Waals surface area contributed by atoms with Crippen LogP contribution in [0.5, 0.6) is 0 Å². The molecule has 0 heterocycles. The number of benzene rings is 2. The molecule has 0 atom stereocenters. The van der Waals surface area contributed by atoms with Crippen LogP contribution in [0.15, 0.2) is 77.7 Å². The van der Waals surface area contributed by atoms with E-state index in [1.54, 1.807) is 35.2 Å². The van der Waals surface area contributed by atoms with Gasteiger partial charge in [0.25, 0.3) is 0 Å². The van der Waals surface area contributed by atoms with E-state index in [2.05, 4.69) is 24.1 Å². The highest BCUT2D eigenvalue weighted by Gasteiger charge is 2.18. The summed E-state index contributed by atoms with van der Waals surface area (Å²) in [6, 6.07) is 17.4. The molecule has 0 spiro atoms. The van der Waals surface area contributed by atoms with Crippen LogP contribution in [0.25, 0.3) is 0 Å². The Bertz CT molecular complexity index is 1070. The summed E-state index contributed by atoms with van der Waals surface area (Å²) >= 11 is 0. The third kappa shape index (κ3) is 11.6. The summed E-state index contributed by atoms with van der Waals surface area (Å²) in [6.45, 7) is 7.34. The lowest BCUT2D eigenvalue weighted by Gasteiger charge is -2.26. The zero-order valence-electron chi connectivity index (χ0n) is 20.4. The zero-order valence-corrected chi connectivity index (χ0v) is 21.2. The van der Waals surface area contributed by atoms with Crippen molar-refractivity contribution < 1.29 is 33.0 Å². The fourth-order valence-electron chi connectivity index (χ4n) is 3.01. The number of nitrogens with one attached hydrogen (secondary N) is 1. The van der Waals surface area contributed by atoms with Crippen molar-refractivity contribution in [2.45, 2.75) is 18.7 Å². The third-order valence-electron chi connectivity index (χ3n) is 4.97. The van der Waals surface area contributed by atoms with Gasteiger partial charge < -0.3 is 20.4 Å². The van der Waals surface area contributed by atoms with Crippen LogP contribution in [0.2, 0.25) is 0 Å². The number of amides is 2. The maximum atomic E-state index is 12.8. The van der Waals surface area contributed by atoms with Crippen molar-refractivity contribution in [3.63, 3.8) is 0 Å². The molecule has 0 aromatic heterocycles. The fourth-order valence-corrected chi connectivity index (χ4v) is 4.19. The molecule has 2 rings (SSSR count). The SMILES string of the molecule is CCN(CC)CCN(C(=O)NCCS(=O)(=O)c1ccccc1)c1ccccc1.O=C(O)/C=C\C(=O)O. The van der Waals surface area contributed by atoms with Gasteiger partial charge in [-0.2, -0.15) is 0 Å². The maximum absolute atomic E-state index is 12.8. The molecule has 0 saturated heterocycles. The standard InChI is InChI=1S/C21H29N3O3S.C4H4O4/c1-3-23(4-2)16-17-24(19-11-7-5-8-12-19)21(25)22-15-18-28(26,27)20-13-9-6-10-14-20;5-3(6)1-2-4(7)8/h5-14H,3-4,15-18H2,1-2H3,(H,22,25);1-2H,(H,5,6)(H,7,8)/b;2-1-. The Morgan fingerprint density at radius 3 is 1.81 bits per heavy atom. The topological polar surface area (TPSA) is 144 Å². The van der Waals surface area contributed by atoms with Crippen molar-refractivity contribution in [3.8, 4) is 0 Å². The summed E-state index contributed by atoms with van der Waals surface area (Å²) in [5, 5.41) is 18.4. The number of sulfone groups is 1. The Kier molecular flexibility index (Phi) is 13.5. The monoisotopic (exact) mass is 519 g/mol. The van der Waals surface area contributed by atoms with Crippen LogP contribution >= 0.6 is 0 Å².